The van der Waals surface area contributed by atoms with E-state index in [1.807, 2.05) is 13.0 Å². The fourth-order valence-corrected chi connectivity index (χ4v) is 10.5. The molecule has 9 atom stereocenters. The average Bonchev–Trinajstić information content (AvgIpc) is 2.16. The number of hydrogen-bond acceptors (Lipinski definition) is 16. The van der Waals surface area contributed by atoms with Gasteiger partial charge in [-0.15, -0.1) is 0 Å². The van der Waals surface area contributed by atoms with Gasteiger partial charge >= 0.3 is 18.2 Å². The van der Waals surface area contributed by atoms with Crippen molar-refractivity contribution in [2.75, 3.05) is 57.0 Å². The van der Waals surface area contributed by atoms with Crippen LogP contribution < -0.4 is 52.0 Å². The highest BCUT2D eigenvalue weighted by Gasteiger charge is 2.64. The van der Waals surface area contributed by atoms with Crippen LogP contribution >= 0.6 is 11.6 Å². The van der Waals surface area contributed by atoms with Crippen molar-refractivity contribution in [3.05, 3.63) is 76.9 Å². The van der Waals surface area contributed by atoms with Crippen LogP contribution in [0.2, 0.25) is 5.02 Å². The minimum absolute atomic E-state index is 0.0195. The number of benzene rings is 2. The number of urea groups is 1. The van der Waals surface area contributed by atoms with Crippen molar-refractivity contribution in [3.8, 4) is 11.5 Å². The van der Waals surface area contributed by atoms with Crippen LogP contribution in [0.25, 0.3) is 0 Å². The largest absolute Gasteiger partial charge is 0.495 e. The van der Waals surface area contributed by atoms with Gasteiger partial charge in [0.05, 0.1) is 38.1 Å². The predicted octanol–water partition coefficient (Wildman–Crippen LogP) is 4.88. The number of ether oxygens (including phenoxy) is 6. The van der Waals surface area contributed by atoms with E-state index in [1.54, 1.807) is 52.0 Å². The summed E-state index contributed by atoms with van der Waals surface area (Å²) >= 11 is 6.84. The van der Waals surface area contributed by atoms with E-state index in [-0.39, 0.29) is 72.7 Å². The number of epoxide rings is 1. The predicted molar refractivity (Wildman–Crippen MR) is 304 cm³/mol. The van der Waals surface area contributed by atoms with Gasteiger partial charge < -0.3 is 65.4 Å². The van der Waals surface area contributed by atoms with Gasteiger partial charge in [0.1, 0.15) is 52.5 Å². The van der Waals surface area contributed by atoms with Gasteiger partial charge in [0.15, 0.2) is 5.72 Å². The zero-order valence-corrected chi connectivity index (χ0v) is 48.8. The third-order valence-electron chi connectivity index (χ3n) is 15.0. The second kappa shape index (κ2) is 28.5. The summed E-state index contributed by atoms with van der Waals surface area (Å²) in [5, 5.41) is 27.9. The summed E-state index contributed by atoms with van der Waals surface area (Å²) in [5.41, 5.74) is 4.19. The molecule has 4 aliphatic heterocycles. The smallest absolute Gasteiger partial charge is 0.412 e. The van der Waals surface area contributed by atoms with Gasteiger partial charge in [0.2, 0.25) is 23.6 Å². The number of unbranched alkanes of at least 4 members (excludes halogenated alkanes) is 2. The molecule has 4 bridgehead atoms. The van der Waals surface area contributed by atoms with Gasteiger partial charge in [-0.1, -0.05) is 62.6 Å². The lowest BCUT2D eigenvalue weighted by Crippen LogP contribution is -2.63. The Morgan fingerprint density at radius 1 is 0.940 bits per heavy atom. The normalized spacial score (nSPS) is 25.1. The number of amides is 10. The van der Waals surface area contributed by atoms with E-state index in [2.05, 4.69) is 31.9 Å². The van der Waals surface area contributed by atoms with Crippen molar-refractivity contribution in [2.24, 2.45) is 17.6 Å². The van der Waals surface area contributed by atoms with E-state index in [0.29, 0.717) is 37.1 Å². The van der Waals surface area contributed by atoms with Crippen molar-refractivity contribution in [1.82, 2.24) is 26.2 Å². The zero-order chi connectivity index (χ0) is 60.9. The molecule has 2 aromatic rings. The van der Waals surface area contributed by atoms with E-state index >= 15 is 0 Å². The SMILES string of the molecule is COc1cc(NC(=O)O[C@H]2CC(=O)N(C)c3cc(cc(OC)c3Cl)C/C(C)=C/C=C/[C@@H](OC)[C@@]3(O)C[C@H](OC(=O)N3)[C@@H](C)[C@@H]3O[C@@]23C)ccc1NC(=O)[C@H](CCCNC(N)=O)NC(=O)[C@@H](NC(=O)CCCCCN1C(=O)C=CC1=O)C(C)C. The first-order chi connectivity index (χ1) is 39.3. The third-order valence-corrected chi connectivity index (χ3v) is 15.3. The maximum atomic E-state index is 14.4. The number of methoxy groups -OCH3 is 3. The molecule has 25 nitrogen and oxygen atoms in total. The van der Waals surface area contributed by atoms with Gasteiger partial charge in [-0.3, -0.25) is 44.3 Å². The molecule has 4 heterocycles. The topological polar surface area (TPSA) is 337 Å². The van der Waals surface area contributed by atoms with E-state index < -0.39 is 108 Å². The average molecular weight is 1180 g/mol. The number of nitrogens with zero attached hydrogens (tertiary/aromatic N) is 2. The standard InChI is InChI=1S/C57H76ClN9O16/c1-31(2)49(64-44(68)18-11-10-12-24-67-45(69)21-22-46(67)70)52(73)63-37(16-14-23-60-53(59)74)51(72)62-36-20-19-35(28-39(36)78-7)61-54(75)82-43-29-47(71)66(6)38-26-34(27-40(79-8)48(38)58)25-32(3)15-13-17-42(80-9)57(77)30-41(81-55(76)65-57)33(4)50-56(43,5)83-50/h13,15,17,19-22,26-28,31,33,37,41-43,49-50,77H,10-12,14,16,18,23-25,29-30H2,1-9H3,(H,61,75)(H,62,72)(H,63,73)(H,64,68)(H,65,76)(H3,59,60,74)/b17-13+,32-15+/t33-,37+,41+,42-,43+,49+,50+,56+,57+/m1/s1. The van der Waals surface area contributed by atoms with Crippen LogP contribution in [0, 0.1) is 11.8 Å². The first-order valence-electron chi connectivity index (χ1n) is 27.3. The quantitative estimate of drug-likeness (QED) is 0.0469. The number of halogens is 1. The maximum Gasteiger partial charge on any atom is 0.412 e. The highest BCUT2D eigenvalue weighted by molar-refractivity contribution is 6.35. The summed E-state index contributed by atoms with van der Waals surface area (Å²) in [6, 6.07) is 4.73. The number of hydrogen-bond donors (Lipinski definition) is 8. The molecule has 2 aromatic carbocycles. The van der Waals surface area contributed by atoms with Gasteiger partial charge in [-0.05, 0) is 81.7 Å². The lowest BCUT2D eigenvalue weighted by atomic mass is 9.83. The Labute approximate surface area is 486 Å². The Balaban J connectivity index is 1.18. The molecule has 0 unspecified atom stereocenters. The fraction of sp³-hybridized carbons (Fsp3) is 0.526. The number of allylic oxidation sites excluding steroid dienone is 3. The number of aliphatic hydroxyl groups is 1. The fourth-order valence-electron chi connectivity index (χ4n) is 10.2. The molecule has 26 heteroatoms. The van der Waals surface area contributed by atoms with Crippen LogP contribution in [-0.2, 0) is 54.1 Å². The van der Waals surface area contributed by atoms with Crippen LogP contribution in [0.1, 0.15) is 91.5 Å². The van der Waals surface area contributed by atoms with Crippen LogP contribution in [0.4, 0.5) is 31.4 Å². The van der Waals surface area contributed by atoms with Crippen LogP contribution in [0.3, 0.4) is 0 Å². The third kappa shape index (κ3) is 16.7. The Morgan fingerprint density at radius 2 is 1.65 bits per heavy atom. The van der Waals surface area contributed by atoms with Gasteiger partial charge in [0.25, 0.3) is 11.8 Å². The van der Waals surface area contributed by atoms with E-state index in [4.69, 9.17) is 45.8 Å². The highest BCUT2D eigenvalue weighted by atomic mass is 35.5. The summed E-state index contributed by atoms with van der Waals surface area (Å²) in [5.74, 6) is -3.71. The number of alkyl carbamates (subject to hydrolysis) is 1. The monoisotopic (exact) mass is 1180 g/mol. The summed E-state index contributed by atoms with van der Waals surface area (Å²) in [6.45, 7) is 9.04. The lowest BCUT2D eigenvalue weighted by molar-refractivity contribution is -0.142. The summed E-state index contributed by atoms with van der Waals surface area (Å²) in [4.78, 5) is 120. The van der Waals surface area contributed by atoms with Crippen molar-refractivity contribution >= 4 is 82.3 Å². The van der Waals surface area contributed by atoms with Gasteiger partial charge in [-0.2, -0.15) is 0 Å². The van der Waals surface area contributed by atoms with Crippen molar-refractivity contribution in [3.63, 3.8) is 0 Å². The van der Waals surface area contributed by atoms with E-state index in [1.165, 1.54) is 63.6 Å². The second-order valence-corrected chi connectivity index (χ2v) is 21.9. The molecule has 0 saturated carbocycles. The zero-order valence-electron chi connectivity index (χ0n) is 48.1. The van der Waals surface area contributed by atoms with Crippen molar-refractivity contribution < 1.29 is 76.7 Å². The number of imide groups is 1. The second-order valence-electron chi connectivity index (χ2n) is 21.5. The van der Waals surface area contributed by atoms with Crippen molar-refractivity contribution in [2.45, 2.75) is 140 Å². The van der Waals surface area contributed by atoms with Crippen LogP contribution in [0.15, 0.2) is 66.3 Å². The minimum atomic E-state index is -1.91. The molecule has 2 fully saturated rings. The summed E-state index contributed by atoms with van der Waals surface area (Å²) in [7, 11) is 5.70. The Morgan fingerprint density at radius 3 is 2.31 bits per heavy atom. The summed E-state index contributed by atoms with van der Waals surface area (Å²) in [6.07, 6.45) is 3.21. The first-order valence-corrected chi connectivity index (χ1v) is 27.7. The molecule has 83 heavy (non-hydrogen) atoms. The number of nitrogens with two attached hydrogens (primary N) is 1. The minimum Gasteiger partial charge on any atom is -0.495 e. The Kier molecular flexibility index (Phi) is 22.1. The van der Waals surface area contributed by atoms with Gasteiger partial charge in [0, 0.05) is 69.9 Å². The molecule has 2 saturated heterocycles. The number of anilines is 3. The Hall–Kier alpha value is -7.74. The molecule has 0 aromatic heterocycles. The number of primary amides is 1. The van der Waals surface area contributed by atoms with Gasteiger partial charge in [-0.25, -0.2) is 14.4 Å². The van der Waals surface area contributed by atoms with E-state index in [0.717, 1.165) is 16.0 Å². The number of carbonyl (C=O) groups is 9. The number of fused-ring (bicyclic) bond motifs is 5. The number of carbonyl (C=O) groups excluding carboxylic acids is 9. The molecule has 0 spiro atoms. The summed E-state index contributed by atoms with van der Waals surface area (Å²) < 4.78 is 35.0. The molecule has 10 amide bonds. The molecule has 0 aliphatic carbocycles. The van der Waals surface area contributed by atoms with Crippen molar-refractivity contribution in [1.29, 1.82) is 0 Å². The molecule has 452 valence electrons. The number of nitrogens with one attached hydrogen (secondary N) is 6. The number of rotatable bonds is 21. The molecule has 0 radical (unpaired) electrons. The highest BCUT2D eigenvalue weighted by Crippen LogP contribution is 2.49. The molecule has 4 aliphatic rings. The maximum absolute atomic E-state index is 14.4. The lowest BCUT2D eigenvalue weighted by Gasteiger charge is -2.42. The molecular weight excluding hydrogens is 1100 g/mol. The first kappa shape index (κ1) is 64.4. The molecule has 9 N–H and O–H groups in total. The van der Waals surface area contributed by atoms with Crippen LogP contribution in [0.5, 0.6) is 11.5 Å². The van der Waals surface area contributed by atoms with E-state index in [9.17, 15) is 48.3 Å². The molecular formula is C57H76ClN9O16. The van der Waals surface area contributed by atoms with Crippen LogP contribution in [-0.4, -0.2) is 153 Å². The Bertz CT molecular complexity index is 2860. The molecule has 6 rings (SSSR count).